The monoisotopic (exact) mass is 652 g/mol. The van der Waals surface area contributed by atoms with Gasteiger partial charge in [-0.2, -0.15) is 0 Å². The number of furan rings is 1. The van der Waals surface area contributed by atoms with Gasteiger partial charge in [-0.1, -0.05) is 127 Å². The quantitative estimate of drug-likeness (QED) is 0.173. The van der Waals surface area contributed by atoms with Gasteiger partial charge in [0.25, 0.3) is 0 Å². The second-order valence-corrected chi connectivity index (χ2v) is 14.3. The zero-order valence-corrected chi connectivity index (χ0v) is 27.8. The van der Waals surface area contributed by atoms with Gasteiger partial charge in [0.1, 0.15) is 11.2 Å². The van der Waals surface area contributed by atoms with Gasteiger partial charge in [0.05, 0.1) is 0 Å². The van der Waals surface area contributed by atoms with Gasteiger partial charge < -0.3 is 4.42 Å². The molecule has 0 atom stereocenters. The topological polar surface area (TPSA) is 13.1 Å². The van der Waals surface area contributed by atoms with Gasteiger partial charge in [-0.25, -0.2) is 0 Å². The predicted molar refractivity (Wildman–Crippen MR) is 215 cm³/mol. The van der Waals surface area contributed by atoms with Crippen LogP contribution in [0.5, 0.6) is 0 Å². The fourth-order valence-corrected chi connectivity index (χ4v) is 9.28. The van der Waals surface area contributed by atoms with E-state index in [1.165, 1.54) is 74.7 Å². The summed E-state index contributed by atoms with van der Waals surface area (Å²) in [4.78, 5) is 0. The first-order valence-corrected chi connectivity index (χ1v) is 17.9. The third-order valence-corrected chi connectivity index (χ3v) is 11.5. The first kappa shape index (κ1) is 27.7. The highest BCUT2D eigenvalue weighted by Gasteiger charge is 2.18. The zero-order chi connectivity index (χ0) is 32.8. The molecular formula is C48H28OS. The van der Waals surface area contributed by atoms with Crippen molar-refractivity contribution in [2.24, 2.45) is 0 Å². The molecular weight excluding hydrogens is 625 g/mol. The Morgan fingerprint density at radius 3 is 1.44 bits per heavy atom. The van der Waals surface area contributed by atoms with Crippen molar-refractivity contribution in [3.05, 3.63) is 170 Å². The number of thiophene rings is 1. The van der Waals surface area contributed by atoms with Gasteiger partial charge in [0.2, 0.25) is 0 Å². The highest BCUT2D eigenvalue weighted by Crippen LogP contribution is 2.45. The van der Waals surface area contributed by atoms with E-state index >= 15 is 0 Å². The molecule has 0 N–H and O–H groups in total. The van der Waals surface area contributed by atoms with E-state index in [-0.39, 0.29) is 0 Å². The molecule has 2 heterocycles. The minimum Gasteiger partial charge on any atom is -0.456 e. The van der Waals surface area contributed by atoms with Gasteiger partial charge in [0, 0.05) is 30.9 Å². The molecule has 1 nitrogen and oxygen atoms in total. The number of hydrogen-bond donors (Lipinski definition) is 0. The average molecular weight is 653 g/mol. The Kier molecular flexibility index (Phi) is 5.89. The maximum absolute atomic E-state index is 6.68. The Hall–Kier alpha value is -6.22. The van der Waals surface area contributed by atoms with E-state index in [0.29, 0.717) is 0 Å². The van der Waals surface area contributed by atoms with Crippen molar-refractivity contribution in [2.45, 2.75) is 0 Å². The minimum absolute atomic E-state index is 0.905. The molecule has 0 amide bonds. The molecule has 0 aliphatic carbocycles. The lowest BCUT2D eigenvalue weighted by Gasteiger charge is -2.17. The van der Waals surface area contributed by atoms with Crippen LogP contribution in [0, 0.1) is 0 Å². The Balaban J connectivity index is 1.05. The molecule has 0 saturated heterocycles. The zero-order valence-electron chi connectivity index (χ0n) is 27.0. The Labute approximate surface area is 292 Å². The van der Waals surface area contributed by atoms with Crippen LogP contribution in [0.3, 0.4) is 0 Å². The lowest BCUT2D eigenvalue weighted by molar-refractivity contribution is 0.669. The molecule has 50 heavy (non-hydrogen) atoms. The van der Waals surface area contributed by atoms with Crippen LogP contribution in [-0.2, 0) is 0 Å². The maximum Gasteiger partial charge on any atom is 0.136 e. The molecule has 0 unspecified atom stereocenters. The average Bonchev–Trinajstić information content (AvgIpc) is 3.72. The number of fused-ring (bicyclic) bond motifs is 9. The van der Waals surface area contributed by atoms with Crippen molar-refractivity contribution in [1.82, 2.24) is 0 Å². The second-order valence-electron chi connectivity index (χ2n) is 13.2. The van der Waals surface area contributed by atoms with Crippen LogP contribution in [0.15, 0.2) is 174 Å². The summed E-state index contributed by atoms with van der Waals surface area (Å²) in [5.41, 5.74) is 9.08. The lowest BCUT2D eigenvalue weighted by Crippen LogP contribution is -1.90. The molecule has 0 saturated carbocycles. The minimum atomic E-state index is 0.905. The van der Waals surface area contributed by atoms with Crippen molar-refractivity contribution in [3.8, 4) is 33.4 Å². The van der Waals surface area contributed by atoms with Gasteiger partial charge in [0.15, 0.2) is 0 Å². The van der Waals surface area contributed by atoms with Gasteiger partial charge in [-0.05, 0) is 108 Å². The SMILES string of the molecule is c1ccc(-c2c3ccccc3c(-c3ccc4c(c3)oc3cc(-c5ccc6c(c5)sc5cc7ccccc7cc56)ccc34)c3ccccc23)cc1. The van der Waals surface area contributed by atoms with E-state index in [1.807, 2.05) is 11.3 Å². The van der Waals surface area contributed by atoms with Crippen molar-refractivity contribution < 1.29 is 4.42 Å². The largest absolute Gasteiger partial charge is 0.456 e. The van der Waals surface area contributed by atoms with E-state index in [4.69, 9.17) is 4.42 Å². The third kappa shape index (κ3) is 4.13. The van der Waals surface area contributed by atoms with Crippen molar-refractivity contribution in [2.75, 3.05) is 0 Å². The van der Waals surface area contributed by atoms with Crippen LogP contribution in [0.2, 0.25) is 0 Å². The van der Waals surface area contributed by atoms with Crippen LogP contribution in [-0.4, -0.2) is 0 Å². The smallest absolute Gasteiger partial charge is 0.136 e. The molecule has 2 heteroatoms. The lowest BCUT2D eigenvalue weighted by atomic mass is 9.86. The summed E-state index contributed by atoms with van der Waals surface area (Å²) in [6.45, 7) is 0. The van der Waals surface area contributed by atoms with E-state index in [9.17, 15) is 0 Å². The summed E-state index contributed by atoms with van der Waals surface area (Å²) in [7, 11) is 0. The molecule has 0 aliphatic rings. The summed E-state index contributed by atoms with van der Waals surface area (Å²) in [5.74, 6) is 0. The van der Waals surface area contributed by atoms with Crippen LogP contribution in [0.25, 0.3) is 108 Å². The Morgan fingerprint density at radius 2 is 0.780 bits per heavy atom. The first-order chi connectivity index (χ1) is 24.8. The van der Waals surface area contributed by atoms with Crippen LogP contribution >= 0.6 is 11.3 Å². The second kappa shape index (κ2) is 10.6. The fraction of sp³-hybridized carbons (Fsp3) is 0. The molecule has 11 rings (SSSR count). The van der Waals surface area contributed by atoms with Gasteiger partial charge in [-0.3, -0.25) is 0 Å². The fourth-order valence-electron chi connectivity index (χ4n) is 8.11. The number of rotatable bonds is 3. The summed E-state index contributed by atoms with van der Waals surface area (Å²) in [6.07, 6.45) is 0. The highest BCUT2D eigenvalue weighted by molar-refractivity contribution is 7.25. The predicted octanol–water partition coefficient (Wildman–Crippen LogP) is 14.4. The molecule has 0 radical (unpaired) electrons. The number of hydrogen-bond acceptors (Lipinski definition) is 2. The Morgan fingerprint density at radius 1 is 0.300 bits per heavy atom. The highest BCUT2D eigenvalue weighted by atomic mass is 32.1. The van der Waals surface area contributed by atoms with E-state index in [0.717, 1.165) is 33.1 Å². The first-order valence-electron chi connectivity index (χ1n) is 17.1. The van der Waals surface area contributed by atoms with Gasteiger partial charge >= 0.3 is 0 Å². The van der Waals surface area contributed by atoms with Crippen molar-refractivity contribution in [1.29, 1.82) is 0 Å². The van der Waals surface area contributed by atoms with E-state index in [2.05, 4.69) is 170 Å². The molecule has 9 aromatic carbocycles. The normalized spacial score (nSPS) is 12.0. The molecule has 0 bridgehead atoms. The molecule has 11 aromatic rings. The molecule has 0 spiro atoms. The molecule has 0 aliphatic heterocycles. The van der Waals surface area contributed by atoms with E-state index in [1.54, 1.807) is 0 Å². The summed E-state index contributed by atoms with van der Waals surface area (Å²) < 4.78 is 9.31. The van der Waals surface area contributed by atoms with Crippen molar-refractivity contribution in [3.63, 3.8) is 0 Å². The van der Waals surface area contributed by atoms with Crippen LogP contribution in [0.1, 0.15) is 0 Å². The van der Waals surface area contributed by atoms with Gasteiger partial charge in [-0.15, -0.1) is 11.3 Å². The molecule has 0 fully saturated rings. The maximum atomic E-state index is 6.68. The summed E-state index contributed by atoms with van der Waals surface area (Å²) >= 11 is 1.87. The Bertz CT molecular complexity index is 3090. The van der Waals surface area contributed by atoms with Crippen molar-refractivity contribution >= 4 is 85.8 Å². The molecule has 2 aromatic heterocycles. The van der Waals surface area contributed by atoms with Crippen LogP contribution < -0.4 is 0 Å². The molecule has 232 valence electrons. The standard InChI is InChI=1S/C48H28OS/c1-2-10-29(11-3-1)47-38-14-6-8-16-40(38)48(41-17-9-7-15-39(41)47)34-20-22-36-35-21-18-32(25-43(35)49-44(36)26-34)33-19-23-37-42-24-30-12-4-5-13-31(30)27-46(42)50-45(37)28-33/h1-28H. The number of benzene rings is 9. The summed E-state index contributed by atoms with van der Waals surface area (Å²) in [6, 6.07) is 61.9. The van der Waals surface area contributed by atoms with E-state index < -0.39 is 0 Å². The summed E-state index contributed by atoms with van der Waals surface area (Å²) in [5, 5.41) is 12.5. The third-order valence-electron chi connectivity index (χ3n) is 10.4. The van der Waals surface area contributed by atoms with Crippen LogP contribution in [0.4, 0.5) is 0 Å².